The van der Waals surface area contributed by atoms with Gasteiger partial charge >= 0.3 is 0 Å². The van der Waals surface area contributed by atoms with Gasteiger partial charge in [0.1, 0.15) is 23.9 Å². The molecule has 8 nitrogen and oxygen atoms in total. The number of nitrogens with zero attached hydrogens (tertiary/aromatic N) is 3. The van der Waals surface area contributed by atoms with Crippen molar-refractivity contribution >= 4 is 41.0 Å². The molecule has 1 fully saturated rings. The number of anilines is 1. The fraction of sp³-hybridized carbons (Fsp3) is 0.258. The summed E-state index contributed by atoms with van der Waals surface area (Å²) < 4.78 is 13.1. The van der Waals surface area contributed by atoms with Crippen molar-refractivity contribution in [2.75, 3.05) is 31.4 Å². The van der Waals surface area contributed by atoms with E-state index in [0.717, 1.165) is 29.5 Å². The van der Waals surface area contributed by atoms with E-state index in [2.05, 4.69) is 5.32 Å². The fourth-order valence-electron chi connectivity index (χ4n) is 5.05. The maximum absolute atomic E-state index is 13.9. The number of fused-ring (bicyclic) bond motifs is 1. The van der Waals surface area contributed by atoms with E-state index in [-0.39, 0.29) is 35.4 Å². The van der Waals surface area contributed by atoms with E-state index in [1.165, 1.54) is 11.8 Å². The molecule has 41 heavy (non-hydrogen) atoms. The van der Waals surface area contributed by atoms with E-state index in [1.54, 1.807) is 29.9 Å². The number of benzene rings is 3. The lowest BCUT2D eigenvalue weighted by Crippen LogP contribution is -2.43. The zero-order valence-electron chi connectivity index (χ0n) is 22.7. The summed E-state index contributed by atoms with van der Waals surface area (Å²) in [6.07, 6.45) is 1.91. The summed E-state index contributed by atoms with van der Waals surface area (Å²) in [6, 6.07) is 23.0. The van der Waals surface area contributed by atoms with Crippen LogP contribution in [-0.4, -0.2) is 54.2 Å². The lowest BCUT2D eigenvalue weighted by atomic mass is 9.98. The van der Waals surface area contributed by atoms with Crippen molar-refractivity contribution in [3.05, 3.63) is 88.9 Å². The SMILES string of the molecule is COc1ccc(OC)c(C2SCC(=O)N(CC(=O)NC3CC3)c3c2c(-c2ccccc2)nn3-c2ccccc2Cl)c1. The van der Waals surface area contributed by atoms with Crippen LogP contribution in [0.3, 0.4) is 0 Å². The van der Waals surface area contributed by atoms with Crippen LogP contribution >= 0.6 is 23.4 Å². The fourth-order valence-corrected chi connectivity index (χ4v) is 6.48. The molecule has 6 rings (SSSR count). The molecule has 0 spiro atoms. The molecule has 3 aromatic carbocycles. The number of nitrogens with one attached hydrogen (secondary N) is 1. The number of halogens is 1. The van der Waals surface area contributed by atoms with Gasteiger partial charge in [0.2, 0.25) is 11.8 Å². The second-order valence-electron chi connectivity index (χ2n) is 9.94. The molecule has 0 bridgehead atoms. The van der Waals surface area contributed by atoms with Crippen molar-refractivity contribution in [3.8, 4) is 28.4 Å². The Bertz CT molecular complexity index is 1610. The third-order valence-electron chi connectivity index (χ3n) is 7.18. The minimum Gasteiger partial charge on any atom is -0.497 e. The van der Waals surface area contributed by atoms with Crippen LogP contribution in [0.25, 0.3) is 16.9 Å². The Morgan fingerprint density at radius 1 is 1.05 bits per heavy atom. The number of hydrogen-bond donors (Lipinski definition) is 1. The number of para-hydroxylation sites is 1. The molecule has 210 valence electrons. The van der Waals surface area contributed by atoms with Crippen LogP contribution in [0, 0.1) is 0 Å². The first-order valence-electron chi connectivity index (χ1n) is 13.3. The number of carbonyl (C=O) groups excluding carboxylic acids is 2. The van der Waals surface area contributed by atoms with Gasteiger partial charge in [0, 0.05) is 22.7 Å². The Kier molecular flexibility index (Phi) is 7.64. The monoisotopic (exact) mass is 588 g/mol. The third kappa shape index (κ3) is 5.39. The van der Waals surface area contributed by atoms with E-state index < -0.39 is 0 Å². The maximum atomic E-state index is 13.9. The summed E-state index contributed by atoms with van der Waals surface area (Å²) in [6.45, 7) is -0.130. The van der Waals surface area contributed by atoms with Gasteiger partial charge in [-0.3, -0.25) is 14.5 Å². The molecule has 1 unspecified atom stereocenters. The van der Waals surface area contributed by atoms with Gasteiger partial charge in [-0.2, -0.15) is 5.10 Å². The predicted molar refractivity (Wildman–Crippen MR) is 161 cm³/mol. The second-order valence-corrected chi connectivity index (χ2v) is 11.4. The summed E-state index contributed by atoms with van der Waals surface area (Å²) in [5.74, 6) is 1.58. The Hall–Kier alpha value is -3.95. The molecular formula is C31H29ClN4O4S. The minimum absolute atomic E-state index is 0.130. The number of thioether (sulfide) groups is 1. The number of rotatable bonds is 8. The largest absolute Gasteiger partial charge is 0.497 e. The van der Waals surface area contributed by atoms with Crippen molar-refractivity contribution < 1.29 is 19.1 Å². The Morgan fingerprint density at radius 2 is 1.80 bits per heavy atom. The van der Waals surface area contributed by atoms with Crippen molar-refractivity contribution in [1.29, 1.82) is 0 Å². The number of ether oxygens (including phenoxy) is 2. The molecule has 1 atom stereocenters. The van der Waals surface area contributed by atoms with E-state index in [1.807, 2.05) is 66.7 Å². The van der Waals surface area contributed by atoms with Crippen LogP contribution in [-0.2, 0) is 9.59 Å². The highest BCUT2D eigenvalue weighted by atomic mass is 35.5. The predicted octanol–water partition coefficient (Wildman–Crippen LogP) is 5.66. The zero-order valence-corrected chi connectivity index (χ0v) is 24.2. The number of methoxy groups -OCH3 is 2. The van der Waals surface area contributed by atoms with E-state index in [4.69, 9.17) is 26.2 Å². The number of hydrogen-bond acceptors (Lipinski definition) is 6. The summed E-state index contributed by atoms with van der Waals surface area (Å²) >= 11 is 8.19. The Balaban J connectivity index is 1.64. The summed E-state index contributed by atoms with van der Waals surface area (Å²) in [7, 11) is 3.24. The van der Waals surface area contributed by atoms with E-state index in [0.29, 0.717) is 33.7 Å². The van der Waals surface area contributed by atoms with Gasteiger partial charge < -0.3 is 14.8 Å². The molecule has 2 heterocycles. The zero-order chi connectivity index (χ0) is 28.5. The highest BCUT2D eigenvalue weighted by molar-refractivity contribution is 8.00. The van der Waals surface area contributed by atoms with Gasteiger partial charge in [-0.15, -0.1) is 11.8 Å². The summed E-state index contributed by atoms with van der Waals surface area (Å²) in [5.41, 5.74) is 3.80. The quantitative estimate of drug-likeness (QED) is 0.286. The third-order valence-corrected chi connectivity index (χ3v) is 8.74. The van der Waals surface area contributed by atoms with Gasteiger partial charge in [-0.05, 0) is 43.2 Å². The second kappa shape index (κ2) is 11.5. The highest BCUT2D eigenvalue weighted by Crippen LogP contribution is 2.51. The van der Waals surface area contributed by atoms with Crippen LogP contribution in [0.15, 0.2) is 72.8 Å². The number of carbonyl (C=O) groups is 2. The van der Waals surface area contributed by atoms with Crippen LogP contribution in [0.4, 0.5) is 5.82 Å². The molecular weight excluding hydrogens is 560 g/mol. The van der Waals surface area contributed by atoms with Crippen LogP contribution in [0.2, 0.25) is 5.02 Å². The van der Waals surface area contributed by atoms with Crippen molar-refractivity contribution in [1.82, 2.24) is 15.1 Å². The van der Waals surface area contributed by atoms with Gasteiger partial charge in [0.15, 0.2) is 0 Å². The average molecular weight is 589 g/mol. The van der Waals surface area contributed by atoms with Gasteiger partial charge in [-0.25, -0.2) is 4.68 Å². The lowest BCUT2D eigenvalue weighted by Gasteiger charge is -2.24. The topological polar surface area (TPSA) is 85.7 Å². The minimum atomic E-state index is -0.373. The molecule has 1 aliphatic heterocycles. The van der Waals surface area contributed by atoms with Crippen LogP contribution in [0.5, 0.6) is 11.5 Å². The van der Waals surface area contributed by atoms with E-state index in [9.17, 15) is 9.59 Å². The van der Waals surface area contributed by atoms with E-state index >= 15 is 0 Å². The van der Waals surface area contributed by atoms with Crippen molar-refractivity contribution in [3.63, 3.8) is 0 Å². The molecule has 2 aliphatic rings. The van der Waals surface area contributed by atoms with Gasteiger partial charge in [0.05, 0.1) is 41.6 Å². The first-order chi connectivity index (χ1) is 20.0. The molecule has 1 N–H and O–H groups in total. The normalized spacial score (nSPS) is 16.6. The highest BCUT2D eigenvalue weighted by Gasteiger charge is 2.39. The van der Waals surface area contributed by atoms with Gasteiger partial charge in [0.25, 0.3) is 0 Å². The number of amides is 2. The summed E-state index contributed by atoms with van der Waals surface area (Å²) in [5, 5.41) is 8.22. The standard InChI is InChI=1S/C31H29ClN4O4S/c1-39-21-14-15-25(40-2)22(16-21)30-28-29(19-8-4-3-5-9-19)34-36(24-11-7-6-10-23(24)32)31(28)35(27(38)18-41-30)17-26(37)33-20-12-13-20/h3-11,14-16,20,30H,12-13,17-18H2,1-2H3,(H,33,37). The molecule has 4 aromatic rings. The van der Waals surface area contributed by atoms with Crippen LogP contribution < -0.4 is 19.7 Å². The number of aromatic nitrogens is 2. The molecule has 10 heteroatoms. The molecule has 1 saturated carbocycles. The average Bonchev–Trinajstić information content (AvgIpc) is 3.75. The van der Waals surface area contributed by atoms with Crippen molar-refractivity contribution in [2.45, 2.75) is 24.1 Å². The lowest BCUT2D eigenvalue weighted by molar-refractivity contribution is -0.123. The molecule has 0 radical (unpaired) electrons. The smallest absolute Gasteiger partial charge is 0.240 e. The Labute approximate surface area is 247 Å². The molecule has 2 amide bonds. The first-order valence-corrected chi connectivity index (χ1v) is 14.8. The van der Waals surface area contributed by atoms with Crippen molar-refractivity contribution in [2.24, 2.45) is 0 Å². The maximum Gasteiger partial charge on any atom is 0.240 e. The van der Waals surface area contributed by atoms with Gasteiger partial charge in [-0.1, -0.05) is 54.1 Å². The summed E-state index contributed by atoms with van der Waals surface area (Å²) in [4.78, 5) is 28.6. The molecule has 1 aliphatic carbocycles. The molecule has 0 saturated heterocycles. The Morgan fingerprint density at radius 3 is 2.51 bits per heavy atom. The first kappa shape index (κ1) is 27.2. The molecule has 1 aromatic heterocycles. The van der Waals surface area contributed by atoms with Crippen LogP contribution in [0.1, 0.15) is 29.2 Å².